The average molecular weight is 326 g/mol. The maximum Gasteiger partial charge on any atom is 0.316 e. The zero-order valence-electron chi connectivity index (χ0n) is 15.1. The summed E-state index contributed by atoms with van der Waals surface area (Å²) in [6.07, 6.45) is 0.909. The van der Waals surface area contributed by atoms with Crippen molar-refractivity contribution in [3.63, 3.8) is 0 Å². The molecule has 0 aliphatic heterocycles. The van der Waals surface area contributed by atoms with E-state index >= 15 is 0 Å². The van der Waals surface area contributed by atoms with Crippen LogP contribution in [0.2, 0.25) is 0 Å². The van der Waals surface area contributed by atoms with Crippen molar-refractivity contribution in [2.24, 2.45) is 5.41 Å². The van der Waals surface area contributed by atoms with Crippen molar-refractivity contribution in [2.75, 3.05) is 0 Å². The van der Waals surface area contributed by atoms with Crippen molar-refractivity contribution < 1.29 is 14.3 Å². The molecule has 0 N–H and O–H groups in total. The molecule has 2 aromatic rings. The molecule has 0 saturated carbocycles. The van der Waals surface area contributed by atoms with Gasteiger partial charge in [0.05, 0.1) is 11.5 Å². The summed E-state index contributed by atoms with van der Waals surface area (Å²) in [5.41, 5.74) is 1.70. The van der Waals surface area contributed by atoms with E-state index < -0.39 is 5.41 Å². The van der Waals surface area contributed by atoms with Crippen molar-refractivity contribution >= 4 is 5.97 Å². The fraction of sp³-hybridized carbons (Fsp3) is 0.381. The molecule has 0 aliphatic rings. The van der Waals surface area contributed by atoms with Crippen molar-refractivity contribution in [3.05, 3.63) is 48.5 Å². The highest BCUT2D eigenvalue weighted by Gasteiger charge is 2.27. The fourth-order valence-corrected chi connectivity index (χ4v) is 2.10. The van der Waals surface area contributed by atoms with Crippen molar-refractivity contribution in [3.8, 4) is 22.6 Å². The van der Waals surface area contributed by atoms with Gasteiger partial charge in [-0.05, 0) is 69.5 Å². The largest absolute Gasteiger partial charge is 0.491 e. The van der Waals surface area contributed by atoms with Crippen LogP contribution in [0.3, 0.4) is 0 Å². The van der Waals surface area contributed by atoms with Crippen LogP contribution in [-0.4, -0.2) is 12.1 Å². The van der Waals surface area contributed by atoms with Gasteiger partial charge in [-0.2, -0.15) is 0 Å². The molecule has 0 heterocycles. The summed E-state index contributed by atoms with van der Waals surface area (Å²) in [6, 6.07) is 15.6. The number of rotatable bonds is 6. The van der Waals surface area contributed by atoms with Crippen LogP contribution in [-0.2, 0) is 4.79 Å². The Balaban J connectivity index is 2.08. The number of hydrogen-bond acceptors (Lipinski definition) is 3. The molecule has 0 aliphatic carbocycles. The van der Waals surface area contributed by atoms with Crippen LogP contribution in [0.5, 0.6) is 11.5 Å². The van der Waals surface area contributed by atoms with Crippen LogP contribution in [0.1, 0.15) is 41.0 Å². The van der Waals surface area contributed by atoms with E-state index in [2.05, 4.69) is 0 Å². The van der Waals surface area contributed by atoms with Gasteiger partial charge in [-0.3, -0.25) is 4.79 Å². The number of carbonyl (C=O) groups excluding carboxylic acids is 1. The van der Waals surface area contributed by atoms with Crippen molar-refractivity contribution in [2.45, 2.75) is 47.1 Å². The molecule has 2 rings (SSSR count). The molecule has 0 unspecified atom stereocenters. The van der Waals surface area contributed by atoms with Gasteiger partial charge in [-0.25, -0.2) is 0 Å². The summed E-state index contributed by atoms with van der Waals surface area (Å²) in [6.45, 7) is 9.79. The zero-order chi connectivity index (χ0) is 17.7. The average Bonchev–Trinajstić information content (AvgIpc) is 2.55. The molecular weight excluding hydrogens is 300 g/mol. The molecule has 0 bridgehead atoms. The Morgan fingerprint density at radius 3 is 1.79 bits per heavy atom. The molecule has 0 atom stereocenters. The lowest BCUT2D eigenvalue weighted by molar-refractivity contribution is -0.144. The smallest absolute Gasteiger partial charge is 0.316 e. The molecule has 0 aromatic heterocycles. The number of esters is 1. The third kappa shape index (κ3) is 4.60. The van der Waals surface area contributed by atoms with Gasteiger partial charge in [0.2, 0.25) is 0 Å². The minimum absolute atomic E-state index is 0.164. The van der Waals surface area contributed by atoms with Gasteiger partial charge in [0.1, 0.15) is 11.5 Å². The fourth-order valence-electron chi connectivity index (χ4n) is 2.10. The first kappa shape index (κ1) is 18.1. The second-order valence-corrected chi connectivity index (χ2v) is 6.84. The van der Waals surface area contributed by atoms with E-state index in [1.54, 1.807) is 0 Å². The number of hydrogen-bond donors (Lipinski definition) is 0. The van der Waals surface area contributed by atoms with Crippen LogP contribution < -0.4 is 9.47 Å². The Morgan fingerprint density at radius 1 is 0.917 bits per heavy atom. The Bertz CT molecular complexity index is 667. The second-order valence-electron chi connectivity index (χ2n) is 6.84. The summed E-state index contributed by atoms with van der Waals surface area (Å²) in [5, 5.41) is 0. The molecule has 0 fully saturated rings. The number of ether oxygens (including phenoxy) is 2. The third-order valence-electron chi connectivity index (χ3n) is 4.06. The standard InChI is InChI=1S/C21H26O3/c1-6-21(4,5)20(22)24-19-13-9-17(10-14-19)16-7-11-18(12-8-16)23-15(2)3/h7-15H,6H2,1-5H3. The summed E-state index contributed by atoms with van der Waals surface area (Å²) in [5.74, 6) is 1.24. The first-order chi connectivity index (χ1) is 11.3. The molecule has 0 saturated heterocycles. The van der Waals surface area contributed by atoms with Crippen LogP contribution in [0.4, 0.5) is 0 Å². The van der Waals surface area contributed by atoms with Gasteiger partial charge in [0.25, 0.3) is 0 Å². The Hall–Kier alpha value is -2.29. The topological polar surface area (TPSA) is 35.5 Å². The third-order valence-corrected chi connectivity index (χ3v) is 4.06. The molecule has 2 aromatic carbocycles. The van der Waals surface area contributed by atoms with Crippen LogP contribution in [0.25, 0.3) is 11.1 Å². The summed E-state index contributed by atoms with van der Waals surface area (Å²) >= 11 is 0. The van der Waals surface area contributed by atoms with Crippen LogP contribution >= 0.6 is 0 Å². The monoisotopic (exact) mass is 326 g/mol. The molecule has 0 amide bonds. The normalized spacial score (nSPS) is 11.4. The van der Waals surface area contributed by atoms with E-state index in [-0.39, 0.29) is 12.1 Å². The minimum atomic E-state index is -0.467. The molecule has 0 spiro atoms. The van der Waals surface area contributed by atoms with E-state index in [0.29, 0.717) is 5.75 Å². The van der Waals surface area contributed by atoms with E-state index in [1.165, 1.54) is 0 Å². The van der Waals surface area contributed by atoms with Gasteiger partial charge in [-0.1, -0.05) is 31.2 Å². The lowest BCUT2D eigenvalue weighted by atomic mass is 9.91. The van der Waals surface area contributed by atoms with Gasteiger partial charge >= 0.3 is 5.97 Å². The van der Waals surface area contributed by atoms with Crippen LogP contribution in [0, 0.1) is 5.41 Å². The Morgan fingerprint density at radius 2 is 1.38 bits per heavy atom. The lowest BCUT2D eigenvalue weighted by Crippen LogP contribution is -2.28. The molecule has 3 nitrogen and oxygen atoms in total. The van der Waals surface area contributed by atoms with E-state index in [0.717, 1.165) is 23.3 Å². The van der Waals surface area contributed by atoms with Crippen LogP contribution in [0.15, 0.2) is 48.5 Å². The zero-order valence-corrected chi connectivity index (χ0v) is 15.1. The van der Waals surface area contributed by atoms with E-state index in [9.17, 15) is 4.79 Å². The highest BCUT2D eigenvalue weighted by Crippen LogP contribution is 2.27. The molecule has 24 heavy (non-hydrogen) atoms. The highest BCUT2D eigenvalue weighted by molar-refractivity contribution is 5.78. The Kier molecular flexibility index (Phi) is 5.66. The van der Waals surface area contributed by atoms with Crippen molar-refractivity contribution in [1.29, 1.82) is 0 Å². The van der Waals surface area contributed by atoms with E-state index in [4.69, 9.17) is 9.47 Å². The second kappa shape index (κ2) is 7.52. The lowest BCUT2D eigenvalue weighted by Gasteiger charge is -2.20. The van der Waals surface area contributed by atoms with Gasteiger partial charge in [0, 0.05) is 0 Å². The first-order valence-corrected chi connectivity index (χ1v) is 8.41. The summed E-state index contributed by atoms with van der Waals surface area (Å²) in [4.78, 5) is 12.1. The summed E-state index contributed by atoms with van der Waals surface area (Å²) in [7, 11) is 0. The Labute approximate surface area is 144 Å². The van der Waals surface area contributed by atoms with E-state index in [1.807, 2.05) is 83.1 Å². The SMILES string of the molecule is CCC(C)(C)C(=O)Oc1ccc(-c2ccc(OC(C)C)cc2)cc1. The number of benzene rings is 2. The van der Waals surface area contributed by atoms with Gasteiger partial charge in [0.15, 0.2) is 0 Å². The molecular formula is C21H26O3. The van der Waals surface area contributed by atoms with Gasteiger partial charge in [-0.15, -0.1) is 0 Å². The first-order valence-electron chi connectivity index (χ1n) is 8.41. The predicted octanol–water partition coefficient (Wildman–Crippen LogP) is 5.48. The number of carbonyl (C=O) groups is 1. The maximum atomic E-state index is 12.1. The summed E-state index contributed by atoms with van der Waals surface area (Å²) < 4.78 is 11.1. The van der Waals surface area contributed by atoms with Gasteiger partial charge < -0.3 is 9.47 Å². The predicted molar refractivity (Wildman–Crippen MR) is 97.3 cm³/mol. The quantitative estimate of drug-likeness (QED) is 0.520. The maximum absolute atomic E-state index is 12.1. The molecule has 0 radical (unpaired) electrons. The van der Waals surface area contributed by atoms with Crippen molar-refractivity contribution in [1.82, 2.24) is 0 Å². The highest BCUT2D eigenvalue weighted by atomic mass is 16.5. The molecule has 3 heteroatoms. The minimum Gasteiger partial charge on any atom is -0.491 e. The molecule has 128 valence electrons.